The van der Waals surface area contributed by atoms with Crippen LogP contribution in [-0.2, 0) is 54.4 Å². The van der Waals surface area contributed by atoms with Crippen LogP contribution < -0.4 is 53.2 Å². The number of fused-ring (bicyclic) bond motifs is 2. The number of ether oxygens (including phenoxy) is 1. The highest BCUT2D eigenvalue weighted by Crippen LogP contribution is 2.37. The second-order valence-electron chi connectivity index (χ2n) is 24.9. The number of unbranched alkanes of at least 4 members (excludes halogenated alkanes) is 5. The van der Waals surface area contributed by atoms with E-state index in [1.54, 1.807) is 49.9 Å². The molecule has 0 spiro atoms. The topological polar surface area (TPSA) is 290 Å². The Balaban J connectivity index is 0.726. The van der Waals surface area contributed by atoms with Crippen LogP contribution in [-0.4, -0.2) is 165 Å². The molecule has 0 aromatic heterocycles. The summed E-state index contributed by atoms with van der Waals surface area (Å²) in [6.07, 6.45) is 9.59. The lowest BCUT2D eigenvalue weighted by atomic mass is 9.92. The van der Waals surface area contributed by atoms with Crippen LogP contribution in [0.1, 0.15) is 138 Å². The summed E-state index contributed by atoms with van der Waals surface area (Å²) in [6, 6.07) is 32.0. The van der Waals surface area contributed by atoms with Crippen molar-refractivity contribution in [1.29, 1.82) is 0 Å². The zero-order valence-electron chi connectivity index (χ0n) is 53.8. The first-order valence-corrected chi connectivity index (χ1v) is 33.1. The Morgan fingerprint density at radius 3 is 1.40 bits per heavy atom. The van der Waals surface area contributed by atoms with Crippen LogP contribution in [0, 0.1) is 11.8 Å². The summed E-state index contributed by atoms with van der Waals surface area (Å²) in [5.41, 5.74) is 3.53. The molecule has 4 aromatic rings. The molecule has 92 heavy (non-hydrogen) atoms. The van der Waals surface area contributed by atoms with Gasteiger partial charge < -0.3 is 67.7 Å². The maximum absolute atomic E-state index is 14.7. The first-order valence-electron chi connectivity index (χ1n) is 33.1. The van der Waals surface area contributed by atoms with Gasteiger partial charge in [-0.25, -0.2) is 0 Å². The van der Waals surface area contributed by atoms with Crippen molar-refractivity contribution in [2.75, 3.05) is 53.5 Å². The Hall–Kier alpha value is -8.05. The first kappa shape index (κ1) is 69.8. The van der Waals surface area contributed by atoms with E-state index in [1.165, 1.54) is 0 Å². The monoisotopic (exact) mass is 1260 g/mol. The fourth-order valence-electron chi connectivity index (χ4n) is 13.2. The molecule has 0 aliphatic carbocycles. The minimum absolute atomic E-state index is 0.0632. The quantitative estimate of drug-likeness (QED) is 0.0303. The van der Waals surface area contributed by atoms with Crippen LogP contribution >= 0.6 is 0 Å². The number of likely N-dealkylation sites (N-methyl/N-ethyl adjacent to an activating group) is 2. The van der Waals surface area contributed by atoms with E-state index in [0.29, 0.717) is 89.5 Å². The second kappa shape index (κ2) is 35.7. The highest BCUT2D eigenvalue weighted by molar-refractivity contribution is 5.97. The van der Waals surface area contributed by atoms with Crippen molar-refractivity contribution in [2.45, 2.75) is 171 Å². The van der Waals surface area contributed by atoms with Crippen LogP contribution in [0.4, 0.5) is 0 Å². The summed E-state index contributed by atoms with van der Waals surface area (Å²) in [4.78, 5) is 128. The number of carbonyl (C=O) groups is 9. The zero-order chi connectivity index (χ0) is 65.4. The molecule has 4 aliphatic rings. The van der Waals surface area contributed by atoms with Crippen molar-refractivity contribution in [3.8, 4) is 0 Å². The molecule has 22 nitrogen and oxygen atoms in total. The maximum atomic E-state index is 14.7. The molecular formula is C70H96N12O10. The molecule has 0 bridgehead atoms. The Labute approximate surface area is 541 Å². The fraction of sp³-hybridized carbons (Fsp3) is 0.529. The SMILES string of the molecule is CN[C@@H](C)C(=O)NC1C(=O)N2[C@@H](CC[C@@H]1CNCc1ccccc1)CC[C@H]2C(=O)N[C@H](C(=O)NCCCCCCCCNC(=O)COCC(=O)NC[C@H]1CC[C@H]2CC[C@@H](C(=O)NC(c3ccccc3)c3ccccc3)N2C(=O)[C@H]1NC(=O)[C@H](C)NC)c1ccccc1. The normalized spacial score (nSPS) is 22.1. The third kappa shape index (κ3) is 19.5. The van der Waals surface area contributed by atoms with Crippen molar-refractivity contribution in [3.63, 3.8) is 0 Å². The van der Waals surface area contributed by atoms with Gasteiger partial charge in [-0.05, 0) is 114 Å². The van der Waals surface area contributed by atoms with E-state index in [2.05, 4.69) is 53.2 Å². The third-order valence-corrected chi connectivity index (χ3v) is 18.6. The smallest absolute Gasteiger partial charge is 0.247 e. The van der Waals surface area contributed by atoms with Crippen LogP contribution in [0.3, 0.4) is 0 Å². The minimum Gasteiger partial charge on any atom is -0.362 e. The predicted octanol–water partition coefficient (Wildman–Crippen LogP) is 3.97. The molecule has 9 amide bonds. The van der Waals surface area contributed by atoms with Gasteiger partial charge in [-0.15, -0.1) is 0 Å². The molecule has 8 rings (SSSR count). The van der Waals surface area contributed by atoms with Gasteiger partial charge in [-0.1, -0.05) is 147 Å². The first-order chi connectivity index (χ1) is 44.6. The largest absolute Gasteiger partial charge is 0.362 e. The van der Waals surface area contributed by atoms with E-state index in [0.717, 1.165) is 48.8 Å². The molecule has 4 aliphatic heterocycles. The lowest BCUT2D eigenvalue weighted by Crippen LogP contribution is -2.59. The maximum Gasteiger partial charge on any atom is 0.247 e. The second-order valence-corrected chi connectivity index (χ2v) is 24.9. The molecule has 1 unspecified atom stereocenters. The summed E-state index contributed by atoms with van der Waals surface area (Å²) in [6.45, 7) is 4.72. The molecule has 4 fully saturated rings. The van der Waals surface area contributed by atoms with E-state index in [9.17, 15) is 43.2 Å². The molecule has 496 valence electrons. The van der Waals surface area contributed by atoms with Gasteiger partial charge in [0.25, 0.3) is 0 Å². The van der Waals surface area contributed by atoms with Gasteiger partial charge in [0.2, 0.25) is 53.2 Å². The van der Waals surface area contributed by atoms with E-state index < -0.39 is 66.1 Å². The van der Waals surface area contributed by atoms with Gasteiger partial charge in [0, 0.05) is 56.6 Å². The molecule has 0 saturated carbocycles. The Kier molecular flexibility index (Phi) is 27.1. The van der Waals surface area contributed by atoms with Crippen LogP contribution in [0.5, 0.6) is 0 Å². The number of rotatable bonds is 33. The van der Waals surface area contributed by atoms with Gasteiger partial charge in [0.15, 0.2) is 0 Å². The van der Waals surface area contributed by atoms with Crippen LogP contribution in [0.15, 0.2) is 121 Å². The summed E-state index contributed by atoms with van der Waals surface area (Å²) in [5, 5.41) is 30.3. The summed E-state index contributed by atoms with van der Waals surface area (Å²) >= 11 is 0. The van der Waals surface area contributed by atoms with Crippen LogP contribution in [0.2, 0.25) is 0 Å². The number of benzene rings is 4. The van der Waals surface area contributed by atoms with Crippen molar-refractivity contribution in [1.82, 2.24) is 63.0 Å². The number of amides is 9. The lowest BCUT2D eigenvalue weighted by Gasteiger charge is -2.33. The van der Waals surface area contributed by atoms with Crippen molar-refractivity contribution in [3.05, 3.63) is 144 Å². The average molecular weight is 1270 g/mol. The molecular weight excluding hydrogens is 1170 g/mol. The third-order valence-electron chi connectivity index (χ3n) is 18.6. The van der Waals surface area contributed by atoms with Gasteiger partial charge in [-0.2, -0.15) is 0 Å². The predicted molar refractivity (Wildman–Crippen MR) is 350 cm³/mol. The Bertz CT molecular complexity index is 3020. The summed E-state index contributed by atoms with van der Waals surface area (Å²) in [5.74, 6) is -3.90. The van der Waals surface area contributed by atoms with Gasteiger partial charge >= 0.3 is 0 Å². The summed E-state index contributed by atoms with van der Waals surface area (Å²) < 4.78 is 5.48. The van der Waals surface area contributed by atoms with Gasteiger partial charge in [-0.3, -0.25) is 43.2 Å². The number of nitrogens with one attached hydrogen (secondary N) is 10. The lowest BCUT2D eigenvalue weighted by molar-refractivity contribution is -0.144. The zero-order valence-corrected chi connectivity index (χ0v) is 53.8. The molecule has 10 N–H and O–H groups in total. The molecule has 22 heteroatoms. The summed E-state index contributed by atoms with van der Waals surface area (Å²) in [7, 11) is 3.34. The minimum atomic E-state index is -1.01. The molecule has 4 saturated heterocycles. The Morgan fingerprint density at radius 2 is 0.902 bits per heavy atom. The number of nitrogens with zero attached hydrogens (tertiary/aromatic N) is 2. The highest BCUT2D eigenvalue weighted by atomic mass is 16.5. The van der Waals surface area contributed by atoms with E-state index >= 15 is 0 Å². The van der Waals surface area contributed by atoms with E-state index in [1.807, 2.05) is 109 Å². The fourth-order valence-corrected chi connectivity index (χ4v) is 13.2. The molecule has 4 aromatic carbocycles. The van der Waals surface area contributed by atoms with Gasteiger partial charge in [0.05, 0.1) is 18.1 Å². The highest BCUT2D eigenvalue weighted by Gasteiger charge is 2.50. The van der Waals surface area contributed by atoms with Crippen molar-refractivity contribution >= 4 is 53.2 Å². The molecule has 0 radical (unpaired) electrons. The molecule has 4 heterocycles. The standard InChI is InChI=1S/C70H96N12O10/c1-46(71-3)64(85)79-62-52(42-73-41-48-23-13-9-14-24-48)31-33-54-36-38-57(82(54)69(62)90)67(88)78-61(51-29-19-12-20-30-51)68(89)75-40-22-8-6-5-7-21-39-74-58(83)44-92-45-59(84)76-43-53-32-34-55-35-37-56(81(55)70(91)63(53)80-65(86)47(2)72-4)66(87)77-60(49-25-15-10-16-26-49)50-27-17-11-18-28-50/h9-20,23-30,46-47,52-57,60-63,71-73H,5-8,21-22,31-45H2,1-4H3,(H,74,83)(H,75,89)(H,76,84)(H,77,87)(H,78,88)(H,79,85)(H,80,86)/t46-,47-,52+,53+,54-,55-,56-,57-,61-,62?,63-/m0/s1. The van der Waals surface area contributed by atoms with E-state index in [-0.39, 0.29) is 79.1 Å². The average Bonchev–Trinajstić information content (AvgIpc) is 1.64. The van der Waals surface area contributed by atoms with E-state index in [4.69, 9.17) is 4.74 Å². The Morgan fingerprint density at radius 1 is 0.478 bits per heavy atom. The molecule has 11 atom stereocenters. The van der Waals surface area contributed by atoms with Gasteiger partial charge in [0.1, 0.15) is 43.4 Å². The van der Waals surface area contributed by atoms with Crippen LogP contribution in [0.25, 0.3) is 0 Å². The van der Waals surface area contributed by atoms with Crippen molar-refractivity contribution in [2.24, 2.45) is 11.8 Å². The number of carbonyl (C=O) groups excluding carboxylic acids is 9. The van der Waals surface area contributed by atoms with Crippen molar-refractivity contribution < 1.29 is 47.9 Å². The number of hydrogen-bond acceptors (Lipinski definition) is 13. The number of hydrogen-bond donors (Lipinski definition) is 10.